The van der Waals surface area contributed by atoms with Gasteiger partial charge in [-0.25, -0.2) is 13.8 Å². The van der Waals surface area contributed by atoms with Crippen LogP contribution in [0.5, 0.6) is 0 Å². The van der Waals surface area contributed by atoms with E-state index in [-0.39, 0.29) is 11.3 Å². The van der Waals surface area contributed by atoms with Gasteiger partial charge in [0.2, 0.25) is 0 Å². The van der Waals surface area contributed by atoms with Gasteiger partial charge in [-0.2, -0.15) is 10.4 Å². The third kappa shape index (κ3) is 3.25. The fourth-order valence-electron chi connectivity index (χ4n) is 1.61. The van der Waals surface area contributed by atoms with Crippen molar-refractivity contribution >= 4 is 5.69 Å². The van der Waals surface area contributed by atoms with Gasteiger partial charge in [0.15, 0.2) is 11.6 Å². The second-order valence-corrected chi connectivity index (χ2v) is 3.87. The number of nitriles is 1. The highest BCUT2D eigenvalue weighted by atomic mass is 19.1. The van der Waals surface area contributed by atoms with Gasteiger partial charge < -0.3 is 5.32 Å². The van der Waals surface area contributed by atoms with Gasteiger partial charge >= 0.3 is 0 Å². The Labute approximate surface area is 108 Å². The van der Waals surface area contributed by atoms with Crippen LogP contribution in [0.25, 0.3) is 0 Å². The number of hydrogen-bond donors (Lipinski definition) is 1. The lowest BCUT2D eigenvalue weighted by Gasteiger charge is -2.09. The van der Waals surface area contributed by atoms with Gasteiger partial charge in [-0.1, -0.05) is 0 Å². The Hall–Kier alpha value is -2.49. The zero-order valence-electron chi connectivity index (χ0n) is 9.98. The van der Waals surface area contributed by atoms with Crippen LogP contribution in [0, 0.1) is 23.0 Å². The number of aromatic nitrogens is 3. The standard InChI is InChI=1S/C12H11F2N5/c13-10-4-9(6-15)5-11(14)12(10)17-2-1-3-19-8-16-7-18-19/h4-5,7-8,17H,1-3H2. The van der Waals surface area contributed by atoms with Crippen LogP contribution in [0.4, 0.5) is 14.5 Å². The highest BCUT2D eigenvalue weighted by molar-refractivity contribution is 5.50. The van der Waals surface area contributed by atoms with E-state index in [9.17, 15) is 8.78 Å². The second kappa shape index (κ2) is 5.91. The van der Waals surface area contributed by atoms with Crippen molar-refractivity contribution in [2.24, 2.45) is 0 Å². The number of rotatable bonds is 5. The van der Waals surface area contributed by atoms with Crippen LogP contribution in [0.1, 0.15) is 12.0 Å². The summed E-state index contributed by atoms with van der Waals surface area (Å²) in [5.41, 5.74) is -0.249. The Morgan fingerprint density at radius 3 is 2.63 bits per heavy atom. The first-order valence-electron chi connectivity index (χ1n) is 5.66. The Morgan fingerprint density at radius 1 is 1.32 bits per heavy atom. The lowest BCUT2D eigenvalue weighted by atomic mass is 10.2. The summed E-state index contributed by atoms with van der Waals surface area (Å²) in [6, 6.07) is 3.70. The summed E-state index contributed by atoms with van der Waals surface area (Å²) in [6.45, 7) is 0.992. The number of aryl methyl sites for hydroxylation is 1. The predicted molar refractivity (Wildman–Crippen MR) is 64.2 cm³/mol. The smallest absolute Gasteiger partial charge is 0.150 e. The predicted octanol–water partition coefficient (Wildman–Crippen LogP) is 1.93. The van der Waals surface area contributed by atoms with E-state index in [0.29, 0.717) is 19.5 Å². The van der Waals surface area contributed by atoms with Crippen LogP contribution in [-0.2, 0) is 6.54 Å². The molecule has 0 aliphatic heterocycles. The first-order valence-corrected chi connectivity index (χ1v) is 5.66. The molecule has 0 amide bonds. The maximum Gasteiger partial charge on any atom is 0.150 e. The largest absolute Gasteiger partial charge is 0.380 e. The van der Waals surface area contributed by atoms with E-state index in [1.54, 1.807) is 17.1 Å². The van der Waals surface area contributed by atoms with E-state index in [2.05, 4.69) is 15.4 Å². The molecule has 5 nitrogen and oxygen atoms in total. The van der Waals surface area contributed by atoms with Crippen LogP contribution >= 0.6 is 0 Å². The summed E-state index contributed by atoms with van der Waals surface area (Å²) in [5.74, 6) is -1.53. The normalized spacial score (nSPS) is 10.2. The first kappa shape index (κ1) is 13.0. The SMILES string of the molecule is N#Cc1cc(F)c(NCCCn2cncn2)c(F)c1. The molecule has 0 radical (unpaired) electrons. The number of nitrogens with zero attached hydrogens (tertiary/aromatic N) is 4. The summed E-state index contributed by atoms with van der Waals surface area (Å²) in [5, 5.41) is 15.2. The Kier molecular flexibility index (Phi) is 4.03. The van der Waals surface area contributed by atoms with Crippen molar-refractivity contribution in [3.05, 3.63) is 42.0 Å². The number of halogens is 2. The summed E-state index contributed by atoms with van der Waals surface area (Å²) in [7, 11) is 0. The fraction of sp³-hybridized carbons (Fsp3) is 0.250. The Balaban J connectivity index is 1.91. The van der Waals surface area contributed by atoms with Crippen molar-refractivity contribution in [2.75, 3.05) is 11.9 Å². The third-order valence-corrected chi connectivity index (χ3v) is 2.50. The van der Waals surface area contributed by atoms with Crippen molar-refractivity contribution in [1.82, 2.24) is 14.8 Å². The zero-order chi connectivity index (χ0) is 13.7. The lowest BCUT2D eigenvalue weighted by Crippen LogP contribution is -2.09. The number of benzene rings is 1. The summed E-state index contributed by atoms with van der Waals surface area (Å²) in [6.07, 6.45) is 3.64. The van der Waals surface area contributed by atoms with Gasteiger partial charge in [0.05, 0.1) is 11.6 Å². The van der Waals surface area contributed by atoms with E-state index >= 15 is 0 Å². The first-order chi connectivity index (χ1) is 9.20. The van der Waals surface area contributed by atoms with Gasteiger partial charge in [-0.15, -0.1) is 0 Å². The molecule has 19 heavy (non-hydrogen) atoms. The van der Waals surface area contributed by atoms with Crippen LogP contribution in [0.3, 0.4) is 0 Å². The summed E-state index contributed by atoms with van der Waals surface area (Å²) < 4.78 is 28.7. The maximum atomic E-state index is 13.5. The molecule has 1 aromatic carbocycles. The quantitative estimate of drug-likeness (QED) is 0.837. The third-order valence-electron chi connectivity index (χ3n) is 2.50. The minimum atomic E-state index is -0.766. The molecule has 0 spiro atoms. The average molecular weight is 263 g/mol. The lowest BCUT2D eigenvalue weighted by molar-refractivity contribution is 0.573. The second-order valence-electron chi connectivity index (χ2n) is 3.87. The van der Waals surface area contributed by atoms with Gasteiger partial charge in [0.1, 0.15) is 18.3 Å². The summed E-state index contributed by atoms with van der Waals surface area (Å²) >= 11 is 0. The molecule has 2 rings (SSSR count). The Bertz CT molecular complexity index is 566. The molecule has 2 aromatic rings. The molecule has 0 fully saturated rings. The zero-order valence-corrected chi connectivity index (χ0v) is 9.98. The molecular weight excluding hydrogens is 252 g/mol. The molecule has 0 aliphatic rings. The van der Waals surface area contributed by atoms with E-state index in [1.807, 2.05) is 0 Å². The molecule has 0 bridgehead atoms. The van der Waals surface area contributed by atoms with E-state index in [0.717, 1.165) is 12.1 Å². The minimum absolute atomic E-state index is 0.0387. The van der Waals surface area contributed by atoms with Crippen molar-refractivity contribution in [1.29, 1.82) is 5.26 Å². The molecule has 0 saturated carbocycles. The highest BCUT2D eigenvalue weighted by Gasteiger charge is 2.10. The molecule has 0 saturated heterocycles. The number of nitrogens with one attached hydrogen (secondary N) is 1. The highest BCUT2D eigenvalue weighted by Crippen LogP contribution is 2.20. The van der Waals surface area contributed by atoms with Gasteiger partial charge in [0.25, 0.3) is 0 Å². The van der Waals surface area contributed by atoms with E-state index in [4.69, 9.17) is 5.26 Å². The molecule has 7 heteroatoms. The van der Waals surface area contributed by atoms with Gasteiger partial charge in [-0.3, -0.25) is 4.68 Å². The molecule has 0 atom stereocenters. The van der Waals surface area contributed by atoms with Crippen LogP contribution in [0.2, 0.25) is 0 Å². The van der Waals surface area contributed by atoms with Gasteiger partial charge in [0, 0.05) is 13.1 Å². The van der Waals surface area contributed by atoms with Crippen molar-refractivity contribution in [2.45, 2.75) is 13.0 Å². The summed E-state index contributed by atoms with van der Waals surface area (Å²) in [4.78, 5) is 3.79. The van der Waals surface area contributed by atoms with Gasteiger partial charge in [-0.05, 0) is 18.6 Å². The molecule has 98 valence electrons. The minimum Gasteiger partial charge on any atom is -0.380 e. The molecule has 1 heterocycles. The van der Waals surface area contributed by atoms with Crippen LogP contribution in [0.15, 0.2) is 24.8 Å². The molecular formula is C12H11F2N5. The molecule has 1 N–H and O–H groups in total. The van der Waals surface area contributed by atoms with E-state index < -0.39 is 11.6 Å². The monoisotopic (exact) mass is 263 g/mol. The Morgan fingerprint density at radius 2 is 2.05 bits per heavy atom. The van der Waals surface area contributed by atoms with Crippen molar-refractivity contribution in [3.8, 4) is 6.07 Å². The topological polar surface area (TPSA) is 66.5 Å². The van der Waals surface area contributed by atoms with Crippen LogP contribution < -0.4 is 5.32 Å². The molecule has 1 aromatic heterocycles. The van der Waals surface area contributed by atoms with E-state index in [1.165, 1.54) is 6.33 Å². The molecule has 0 unspecified atom stereocenters. The fourth-order valence-corrected chi connectivity index (χ4v) is 1.61. The van der Waals surface area contributed by atoms with Crippen molar-refractivity contribution in [3.63, 3.8) is 0 Å². The number of hydrogen-bond acceptors (Lipinski definition) is 4. The maximum absolute atomic E-state index is 13.5. The molecule has 0 aliphatic carbocycles. The van der Waals surface area contributed by atoms with Crippen LogP contribution in [-0.4, -0.2) is 21.3 Å². The average Bonchev–Trinajstić information content (AvgIpc) is 2.89. The number of anilines is 1. The van der Waals surface area contributed by atoms with Crippen molar-refractivity contribution < 1.29 is 8.78 Å².